The van der Waals surface area contributed by atoms with Crippen molar-refractivity contribution in [3.05, 3.63) is 88.4 Å². The first-order chi connectivity index (χ1) is 20.0. The number of rotatable bonds is 10. The lowest BCUT2D eigenvalue weighted by atomic mass is 10.1. The Morgan fingerprint density at radius 1 is 0.929 bits per heavy atom. The van der Waals surface area contributed by atoms with E-state index in [4.69, 9.17) is 37.6 Å². The van der Waals surface area contributed by atoms with Gasteiger partial charge in [0.25, 0.3) is 0 Å². The molecule has 0 saturated carbocycles. The van der Waals surface area contributed by atoms with E-state index in [-0.39, 0.29) is 59.6 Å². The highest BCUT2D eigenvalue weighted by atomic mass is 35.5. The standard InChI is InChI=1S/C29H27ClN4O8/c30-23-13-21(42-28(40)18-1-7-19(8-2-18)33-29(31)32)11-3-16(23)6-12-25(35)34-15-22(14-24(34)27(38)39)41-20-9-4-17(5-10-20)26(36)37/h1-5,7-11,13,22,24H,6,12,14-15H2,(H,36,37)(H,38,39)(H4,31,32,33)/t22-,24-/m0/s1. The molecule has 1 aliphatic rings. The number of nitrogens with zero attached hydrogens (tertiary/aromatic N) is 2. The number of aryl methyl sites for hydroxylation is 1. The molecule has 0 spiro atoms. The predicted octanol–water partition coefficient (Wildman–Crippen LogP) is 3.23. The number of aliphatic carboxylic acids is 1. The third-order valence-electron chi connectivity index (χ3n) is 6.48. The fourth-order valence-corrected chi connectivity index (χ4v) is 4.69. The number of halogens is 1. The number of carbonyl (C=O) groups is 4. The van der Waals surface area contributed by atoms with Crippen LogP contribution in [0.3, 0.4) is 0 Å². The molecule has 1 saturated heterocycles. The van der Waals surface area contributed by atoms with Crippen molar-refractivity contribution in [2.75, 3.05) is 6.54 Å². The number of esters is 1. The molecular formula is C29H27ClN4O8. The van der Waals surface area contributed by atoms with E-state index in [2.05, 4.69) is 4.99 Å². The molecule has 0 unspecified atom stereocenters. The lowest BCUT2D eigenvalue weighted by Gasteiger charge is -2.21. The Morgan fingerprint density at radius 3 is 2.17 bits per heavy atom. The SMILES string of the molecule is NC(N)=Nc1ccc(C(=O)Oc2ccc(CCC(=O)N3C[C@@H](Oc4ccc(C(=O)O)cc4)C[C@H]3C(=O)O)c(Cl)c2)cc1. The van der Waals surface area contributed by atoms with Gasteiger partial charge in [-0.3, -0.25) is 4.79 Å². The highest BCUT2D eigenvalue weighted by Crippen LogP contribution is 2.27. The van der Waals surface area contributed by atoms with Crippen molar-refractivity contribution in [3.63, 3.8) is 0 Å². The monoisotopic (exact) mass is 594 g/mol. The van der Waals surface area contributed by atoms with Gasteiger partial charge in [-0.15, -0.1) is 0 Å². The number of aliphatic imine (C=N–C) groups is 1. The number of carboxylic acids is 2. The summed E-state index contributed by atoms with van der Waals surface area (Å²) in [5, 5.41) is 19.0. The number of carbonyl (C=O) groups excluding carboxylic acids is 2. The summed E-state index contributed by atoms with van der Waals surface area (Å²) in [7, 11) is 0. The Kier molecular flexibility index (Phi) is 9.28. The number of aromatic carboxylic acids is 1. The number of benzene rings is 3. The van der Waals surface area contributed by atoms with Crippen molar-refractivity contribution < 1.29 is 38.9 Å². The van der Waals surface area contributed by atoms with Gasteiger partial charge in [0.15, 0.2) is 5.96 Å². The molecule has 6 N–H and O–H groups in total. The minimum absolute atomic E-state index is 0.00912. The number of guanidine groups is 1. The van der Waals surface area contributed by atoms with Gasteiger partial charge in [-0.1, -0.05) is 17.7 Å². The summed E-state index contributed by atoms with van der Waals surface area (Å²) in [5.41, 5.74) is 12.1. The molecular weight excluding hydrogens is 568 g/mol. The molecule has 42 heavy (non-hydrogen) atoms. The van der Waals surface area contributed by atoms with Gasteiger partial charge in [-0.25, -0.2) is 19.4 Å². The number of nitrogens with two attached hydrogens (primary N) is 2. The van der Waals surface area contributed by atoms with E-state index in [1.165, 1.54) is 47.4 Å². The fourth-order valence-electron chi connectivity index (χ4n) is 4.43. The fraction of sp³-hybridized carbons (Fsp3) is 0.207. The molecule has 0 bridgehead atoms. The molecule has 1 aliphatic heterocycles. The van der Waals surface area contributed by atoms with Crippen LogP contribution in [-0.2, 0) is 16.0 Å². The molecule has 4 rings (SSSR count). The van der Waals surface area contributed by atoms with Gasteiger partial charge in [-0.2, -0.15) is 0 Å². The van der Waals surface area contributed by atoms with Crippen molar-refractivity contribution in [3.8, 4) is 11.5 Å². The van der Waals surface area contributed by atoms with Crippen molar-refractivity contribution in [1.29, 1.82) is 0 Å². The Morgan fingerprint density at radius 2 is 1.57 bits per heavy atom. The maximum atomic E-state index is 13.0. The molecule has 3 aromatic rings. The van der Waals surface area contributed by atoms with Gasteiger partial charge >= 0.3 is 17.9 Å². The second-order valence-corrected chi connectivity index (χ2v) is 9.84. The minimum atomic E-state index is -1.15. The van der Waals surface area contributed by atoms with Crippen LogP contribution in [0.25, 0.3) is 0 Å². The highest BCUT2D eigenvalue weighted by Gasteiger charge is 2.40. The first kappa shape index (κ1) is 29.9. The van der Waals surface area contributed by atoms with E-state index in [1.807, 2.05) is 0 Å². The third-order valence-corrected chi connectivity index (χ3v) is 6.83. The highest BCUT2D eigenvalue weighted by molar-refractivity contribution is 6.31. The topological polar surface area (TPSA) is 195 Å². The van der Waals surface area contributed by atoms with E-state index < -0.39 is 30.1 Å². The van der Waals surface area contributed by atoms with E-state index in [0.29, 0.717) is 17.0 Å². The first-order valence-electron chi connectivity index (χ1n) is 12.7. The number of likely N-dealkylation sites (tertiary alicyclic amines) is 1. The zero-order valence-corrected chi connectivity index (χ0v) is 22.9. The third kappa shape index (κ3) is 7.55. The molecule has 13 heteroatoms. The summed E-state index contributed by atoms with van der Waals surface area (Å²) in [6.07, 6.45) is -0.279. The molecule has 218 valence electrons. The second-order valence-electron chi connectivity index (χ2n) is 9.43. The number of ether oxygens (including phenoxy) is 2. The largest absolute Gasteiger partial charge is 0.488 e. The molecule has 0 aromatic heterocycles. The van der Waals surface area contributed by atoms with Crippen molar-refractivity contribution in [2.24, 2.45) is 16.5 Å². The lowest BCUT2D eigenvalue weighted by Crippen LogP contribution is -2.40. The molecule has 0 aliphatic carbocycles. The molecule has 12 nitrogen and oxygen atoms in total. The first-order valence-corrected chi connectivity index (χ1v) is 13.1. The van der Waals surface area contributed by atoms with Crippen LogP contribution in [-0.4, -0.2) is 63.6 Å². The van der Waals surface area contributed by atoms with E-state index >= 15 is 0 Å². The Bertz CT molecular complexity index is 1520. The normalized spacial score (nSPS) is 16.0. The Hall–Kier alpha value is -5.10. The average Bonchev–Trinajstić information content (AvgIpc) is 3.37. The molecule has 1 heterocycles. The molecule has 3 aromatic carbocycles. The smallest absolute Gasteiger partial charge is 0.343 e. The molecule has 1 amide bonds. The minimum Gasteiger partial charge on any atom is -0.488 e. The van der Waals surface area contributed by atoms with Crippen LogP contribution in [0.4, 0.5) is 5.69 Å². The number of hydrogen-bond donors (Lipinski definition) is 4. The molecule has 2 atom stereocenters. The molecule has 0 radical (unpaired) electrons. The van der Waals surface area contributed by atoms with Crippen LogP contribution in [0.5, 0.6) is 11.5 Å². The van der Waals surface area contributed by atoms with Gasteiger partial charge in [0.2, 0.25) is 5.91 Å². The zero-order valence-electron chi connectivity index (χ0n) is 22.1. The van der Waals surface area contributed by atoms with Crippen LogP contribution in [0.15, 0.2) is 71.7 Å². The Labute approximate surface area is 245 Å². The van der Waals surface area contributed by atoms with Gasteiger partial charge in [-0.05, 0) is 72.6 Å². The number of hydrogen-bond acceptors (Lipinski definition) is 7. The van der Waals surface area contributed by atoms with E-state index in [0.717, 1.165) is 0 Å². The maximum absolute atomic E-state index is 13.0. The summed E-state index contributed by atoms with van der Waals surface area (Å²) in [6, 6.07) is 15.5. The average molecular weight is 595 g/mol. The van der Waals surface area contributed by atoms with Crippen molar-refractivity contribution in [1.82, 2.24) is 4.90 Å². The Balaban J connectivity index is 1.33. The summed E-state index contributed by atoms with van der Waals surface area (Å²) < 4.78 is 11.2. The summed E-state index contributed by atoms with van der Waals surface area (Å²) >= 11 is 6.39. The van der Waals surface area contributed by atoms with Gasteiger partial charge in [0.1, 0.15) is 23.6 Å². The quantitative estimate of drug-likeness (QED) is 0.117. The van der Waals surface area contributed by atoms with Gasteiger partial charge in [0.05, 0.1) is 23.4 Å². The van der Waals surface area contributed by atoms with Crippen molar-refractivity contribution >= 4 is 47.1 Å². The van der Waals surface area contributed by atoms with Crippen LogP contribution in [0, 0.1) is 0 Å². The van der Waals surface area contributed by atoms with Gasteiger partial charge < -0.3 is 36.1 Å². The second kappa shape index (κ2) is 13.0. The lowest BCUT2D eigenvalue weighted by molar-refractivity contribution is -0.148. The molecule has 1 fully saturated rings. The van der Waals surface area contributed by atoms with Crippen LogP contribution < -0.4 is 20.9 Å². The van der Waals surface area contributed by atoms with E-state index in [9.17, 15) is 24.3 Å². The van der Waals surface area contributed by atoms with Gasteiger partial charge in [0, 0.05) is 17.9 Å². The predicted molar refractivity (Wildman–Crippen MR) is 152 cm³/mol. The van der Waals surface area contributed by atoms with Crippen LogP contribution >= 0.6 is 11.6 Å². The zero-order chi connectivity index (χ0) is 30.4. The summed E-state index contributed by atoms with van der Waals surface area (Å²) in [5.74, 6) is -2.75. The number of carboxylic acid groups (broad SMARTS) is 2. The summed E-state index contributed by atoms with van der Waals surface area (Å²) in [4.78, 5) is 53.6. The maximum Gasteiger partial charge on any atom is 0.343 e. The van der Waals surface area contributed by atoms with E-state index in [1.54, 1.807) is 24.3 Å². The van der Waals surface area contributed by atoms with Crippen LogP contribution in [0.1, 0.15) is 39.1 Å². The van der Waals surface area contributed by atoms with Crippen LogP contribution in [0.2, 0.25) is 5.02 Å². The van der Waals surface area contributed by atoms with Crippen molar-refractivity contribution in [2.45, 2.75) is 31.4 Å². The summed E-state index contributed by atoms with van der Waals surface area (Å²) in [6.45, 7) is 0.0615. The number of amides is 1.